The number of amides is 1. The third-order valence-electron chi connectivity index (χ3n) is 2.36. The molecule has 19 heavy (non-hydrogen) atoms. The number of benzene rings is 1. The molecule has 1 aromatic heterocycles. The first-order valence-electron chi connectivity index (χ1n) is 5.83. The topological polar surface area (TPSA) is 66.9 Å². The number of rotatable bonds is 4. The first-order chi connectivity index (χ1) is 9.19. The van der Waals surface area contributed by atoms with Gasteiger partial charge in [0.05, 0.1) is 0 Å². The van der Waals surface area contributed by atoms with Crippen LogP contribution in [0.2, 0.25) is 5.15 Å². The van der Waals surface area contributed by atoms with Crippen molar-refractivity contribution in [2.75, 3.05) is 11.9 Å². The Morgan fingerprint density at radius 1 is 1.26 bits per heavy atom. The fourth-order valence-corrected chi connectivity index (χ4v) is 1.63. The van der Waals surface area contributed by atoms with Crippen LogP contribution in [0.1, 0.15) is 17.3 Å². The molecule has 98 valence electrons. The van der Waals surface area contributed by atoms with Crippen molar-refractivity contribution in [1.82, 2.24) is 15.3 Å². The van der Waals surface area contributed by atoms with E-state index in [-0.39, 0.29) is 5.91 Å². The van der Waals surface area contributed by atoms with Crippen molar-refractivity contribution < 1.29 is 4.79 Å². The van der Waals surface area contributed by atoms with E-state index in [2.05, 4.69) is 20.6 Å². The van der Waals surface area contributed by atoms with E-state index in [4.69, 9.17) is 11.6 Å². The maximum atomic E-state index is 11.6. The summed E-state index contributed by atoms with van der Waals surface area (Å²) in [6.07, 6.45) is 1.57. The van der Waals surface area contributed by atoms with Gasteiger partial charge in [0, 0.05) is 24.0 Å². The second kappa shape index (κ2) is 6.15. The molecule has 0 spiro atoms. The lowest BCUT2D eigenvalue weighted by Crippen LogP contribution is -2.22. The van der Waals surface area contributed by atoms with Gasteiger partial charge in [-0.05, 0) is 37.3 Å². The summed E-state index contributed by atoms with van der Waals surface area (Å²) in [6.45, 7) is 2.49. The molecule has 0 saturated heterocycles. The summed E-state index contributed by atoms with van der Waals surface area (Å²) >= 11 is 5.77. The van der Waals surface area contributed by atoms with Gasteiger partial charge in [-0.3, -0.25) is 4.79 Å². The lowest BCUT2D eigenvalue weighted by atomic mass is 10.2. The van der Waals surface area contributed by atoms with Crippen LogP contribution in [-0.4, -0.2) is 22.4 Å². The first-order valence-corrected chi connectivity index (χ1v) is 6.20. The highest BCUT2D eigenvalue weighted by atomic mass is 35.5. The molecular formula is C13H13ClN4O. The molecule has 0 aliphatic heterocycles. The Hall–Kier alpha value is -2.14. The molecule has 0 atom stereocenters. The summed E-state index contributed by atoms with van der Waals surface area (Å²) in [5.41, 5.74) is 1.40. The third-order valence-corrected chi connectivity index (χ3v) is 2.57. The van der Waals surface area contributed by atoms with Crippen molar-refractivity contribution in [3.05, 3.63) is 47.2 Å². The van der Waals surface area contributed by atoms with Crippen molar-refractivity contribution in [2.45, 2.75) is 6.92 Å². The highest BCUT2D eigenvalue weighted by molar-refractivity contribution is 6.29. The Morgan fingerprint density at radius 2 is 2.00 bits per heavy atom. The van der Waals surface area contributed by atoms with E-state index in [0.717, 1.165) is 5.69 Å². The fourth-order valence-electron chi connectivity index (χ4n) is 1.49. The summed E-state index contributed by atoms with van der Waals surface area (Å²) < 4.78 is 0. The largest absolute Gasteiger partial charge is 0.352 e. The molecule has 1 aromatic carbocycles. The molecule has 2 rings (SSSR count). The van der Waals surface area contributed by atoms with Gasteiger partial charge in [0.25, 0.3) is 5.91 Å². The molecule has 2 aromatic rings. The van der Waals surface area contributed by atoms with Crippen LogP contribution in [0.3, 0.4) is 0 Å². The molecule has 2 N–H and O–H groups in total. The van der Waals surface area contributed by atoms with Gasteiger partial charge in [-0.15, -0.1) is 0 Å². The van der Waals surface area contributed by atoms with Crippen LogP contribution < -0.4 is 10.6 Å². The summed E-state index contributed by atoms with van der Waals surface area (Å²) in [7, 11) is 0. The molecule has 0 aliphatic rings. The van der Waals surface area contributed by atoms with E-state index >= 15 is 0 Å². The van der Waals surface area contributed by atoms with Crippen LogP contribution in [-0.2, 0) is 0 Å². The Kier molecular flexibility index (Phi) is 4.30. The number of aromatic nitrogens is 2. The number of hydrogen-bond acceptors (Lipinski definition) is 4. The van der Waals surface area contributed by atoms with Gasteiger partial charge in [-0.25, -0.2) is 9.97 Å². The van der Waals surface area contributed by atoms with Crippen molar-refractivity contribution in [1.29, 1.82) is 0 Å². The summed E-state index contributed by atoms with van der Waals surface area (Å²) in [5, 5.41) is 6.11. The predicted octanol–water partition coefficient (Wildman–Crippen LogP) is 2.62. The number of hydrogen-bond donors (Lipinski definition) is 2. The average Bonchev–Trinajstić information content (AvgIpc) is 2.40. The lowest BCUT2D eigenvalue weighted by molar-refractivity contribution is 0.0956. The van der Waals surface area contributed by atoms with Crippen molar-refractivity contribution >= 4 is 29.1 Å². The number of nitrogens with zero attached hydrogens (tertiary/aromatic N) is 2. The highest BCUT2D eigenvalue weighted by Gasteiger charge is 2.04. The molecule has 1 heterocycles. The van der Waals surface area contributed by atoms with Crippen molar-refractivity contribution in [3.63, 3.8) is 0 Å². The monoisotopic (exact) mass is 276 g/mol. The van der Waals surface area contributed by atoms with Gasteiger partial charge in [0.15, 0.2) is 0 Å². The molecule has 0 radical (unpaired) electrons. The maximum Gasteiger partial charge on any atom is 0.251 e. The molecule has 1 amide bonds. The molecule has 0 bridgehead atoms. The molecule has 6 heteroatoms. The number of carbonyl (C=O) groups is 1. The molecule has 5 nitrogen and oxygen atoms in total. The molecule has 0 fully saturated rings. The van der Waals surface area contributed by atoms with Gasteiger partial charge < -0.3 is 10.6 Å². The van der Waals surface area contributed by atoms with Crippen LogP contribution >= 0.6 is 11.6 Å². The van der Waals surface area contributed by atoms with Crippen LogP contribution in [0.5, 0.6) is 0 Å². The number of anilines is 2. The third kappa shape index (κ3) is 3.66. The van der Waals surface area contributed by atoms with E-state index in [1.807, 2.05) is 6.92 Å². The molecular weight excluding hydrogens is 264 g/mol. The minimum atomic E-state index is -0.0898. The van der Waals surface area contributed by atoms with Crippen molar-refractivity contribution in [3.8, 4) is 0 Å². The Labute approximate surface area is 116 Å². The minimum Gasteiger partial charge on any atom is -0.352 e. The van der Waals surface area contributed by atoms with Gasteiger partial charge in [-0.2, -0.15) is 0 Å². The molecule has 0 saturated carbocycles. The van der Waals surface area contributed by atoms with E-state index in [0.29, 0.717) is 23.2 Å². The van der Waals surface area contributed by atoms with Gasteiger partial charge in [-0.1, -0.05) is 11.6 Å². The zero-order chi connectivity index (χ0) is 13.7. The Balaban J connectivity index is 2.08. The van der Waals surface area contributed by atoms with Crippen LogP contribution in [0.4, 0.5) is 11.6 Å². The zero-order valence-electron chi connectivity index (χ0n) is 10.4. The summed E-state index contributed by atoms with van der Waals surface area (Å²) in [5.74, 6) is 0.325. The van der Waals surface area contributed by atoms with Gasteiger partial charge in [0.1, 0.15) is 5.15 Å². The second-order valence-electron chi connectivity index (χ2n) is 3.76. The Bertz CT molecular complexity index is 571. The van der Waals surface area contributed by atoms with E-state index in [1.54, 1.807) is 36.5 Å². The quantitative estimate of drug-likeness (QED) is 0.843. The van der Waals surface area contributed by atoms with E-state index in [9.17, 15) is 4.79 Å². The normalized spacial score (nSPS) is 10.0. The first kappa shape index (κ1) is 13.3. The van der Waals surface area contributed by atoms with Crippen LogP contribution in [0.15, 0.2) is 36.5 Å². The molecule has 0 unspecified atom stereocenters. The number of carbonyl (C=O) groups excluding carboxylic acids is 1. The standard InChI is InChI=1S/C13H13ClN4O/c1-2-15-12(19)9-3-5-10(6-4-9)17-13-16-8-7-11(14)18-13/h3-8H,2H2,1H3,(H,15,19)(H,16,17,18). The SMILES string of the molecule is CCNC(=O)c1ccc(Nc2nccc(Cl)n2)cc1. The minimum absolute atomic E-state index is 0.0898. The van der Waals surface area contributed by atoms with Crippen LogP contribution in [0, 0.1) is 0 Å². The summed E-state index contributed by atoms with van der Waals surface area (Å²) in [4.78, 5) is 19.6. The maximum absolute atomic E-state index is 11.6. The average molecular weight is 277 g/mol. The summed E-state index contributed by atoms with van der Waals surface area (Å²) in [6, 6.07) is 8.64. The fraction of sp³-hybridized carbons (Fsp3) is 0.154. The number of halogens is 1. The number of nitrogens with one attached hydrogen (secondary N) is 2. The van der Waals surface area contributed by atoms with Crippen LogP contribution in [0.25, 0.3) is 0 Å². The van der Waals surface area contributed by atoms with Gasteiger partial charge in [0.2, 0.25) is 5.95 Å². The Morgan fingerprint density at radius 3 is 2.63 bits per heavy atom. The van der Waals surface area contributed by atoms with Gasteiger partial charge >= 0.3 is 0 Å². The van der Waals surface area contributed by atoms with E-state index in [1.165, 1.54) is 0 Å². The zero-order valence-corrected chi connectivity index (χ0v) is 11.1. The predicted molar refractivity (Wildman–Crippen MR) is 74.8 cm³/mol. The second-order valence-corrected chi connectivity index (χ2v) is 4.15. The van der Waals surface area contributed by atoms with E-state index < -0.39 is 0 Å². The van der Waals surface area contributed by atoms with Crippen molar-refractivity contribution in [2.24, 2.45) is 0 Å². The molecule has 0 aliphatic carbocycles. The lowest BCUT2D eigenvalue weighted by Gasteiger charge is -2.06. The smallest absolute Gasteiger partial charge is 0.251 e. The highest BCUT2D eigenvalue weighted by Crippen LogP contribution is 2.15.